The van der Waals surface area contributed by atoms with Gasteiger partial charge in [-0.3, -0.25) is 9.55 Å². The van der Waals surface area contributed by atoms with E-state index in [0.29, 0.717) is 13.0 Å². The summed E-state index contributed by atoms with van der Waals surface area (Å²) in [5.41, 5.74) is 2.19. The fourth-order valence-corrected chi connectivity index (χ4v) is 2.36. The first kappa shape index (κ1) is 13.9. The van der Waals surface area contributed by atoms with Crippen LogP contribution < -0.4 is 4.57 Å². The SMILES string of the molecule is O=P(O)(O)CCC[n+]1ccc(-c2ccncc2)cc1. The highest BCUT2D eigenvalue weighted by molar-refractivity contribution is 7.51. The van der Waals surface area contributed by atoms with Gasteiger partial charge >= 0.3 is 7.60 Å². The van der Waals surface area contributed by atoms with Crippen LogP contribution in [-0.4, -0.2) is 20.9 Å². The minimum absolute atomic E-state index is 0.0773. The van der Waals surface area contributed by atoms with Gasteiger partial charge in [0.15, 0.2) is 12.4 Å². The minimum Gasteiger partial charge on any atom is -0.324 e. The van der Waals surface area contributed by atoms with Gasteiger partial charge in [-0.15, -0.1) is 0 Å². The fraction of sp³-hybridized carbons (Fsp3) is 0.231. The van der Waals surface area contributed by atoms with E-state index in [1.165, 1.54) is 0 Å². The zero-order valence-electron chi connectivity index (χ0n) is 10.4. The van der Waals surface area contributed by atoms with Gasteiger partial charge in [0, 0.05) is 30.9 Å². The Bertz CT molecular complexity index is 566. The number of aryl methyl sites for hydroxylation is 1. The zero-order chi connectivity index (χ0) is 13.7. The summed E-state index contributed by atoms with van der Waals surface area (Å²) in [6, 6.07) is 7.83. The number of rotatable bonds is 5. The summed E-state index contributed by atoms with van der Waals surface area (Å²) in [5.74, 6) is 0. The van der Waals surface area contributed by atoms with Gasteiger partial charge in [-0.1, -0.05) is 0 Å². The van der Waals surface area contributed by atoms with Crippen LogP contribution in [0.15, 0.2) is 49.1 Å². The van der Waals surface area contributed by atoms with Crippen LogP contribution in [0.5, 0.6) is 0 Å². The number of aromatic nitrogens is 2. The van der Waals surface area contributed by atoms with E-state index in [2.05, 4.69) is 4.98 Å². The Morgan fingerprint density at radius 3 is 2.21 bits per heavy atom. The van der Waals surface area contributed by atoms with Crippen LogP contribution in [0.4, 0.5) is 0 Å². The molecule has 0 atom stereocenters. The maximum Gasteiger partial charge on any atom is 0.325 e. The Hall–Kier alpha value is -1.55. The van der Waals surface area contributed by atoms with Crippen molar-refractivity contribution in [3.63, 3.8) is 0 Å². The third-order valence-electron chi connectivity index (χ3n) is 2.77. The molecule has 0 saturated heterocycles. The average Bonchev–Trinajstić information content (AvgIpc) is 2.39. The average molecular weight is 279 g/mol. The lowest BCUT2D eigenvalue weighted by atomic mass is 10.1. The summed E-state index contributed by atoms with van der Waals surface area (Å²) in [7, 11) is -3.88. The molecule has 0 saturated carbocycles. The third-order valence-corrected chi connectivity index (χ3v) is 3.67. The monoisotopic (exact) mass is 279 g/mol. The molecular formula is C13H16N2O3P+. The van der Waals surface area contributed by atoms with Crippen molar-refractivity contribution in [2.45, 2.75) is 13.0 Å². The molecule has 100 valence electrons. The fourth-order valence-electron chi connectivity index (χ4n) is 1.80. The van der Waals surface area contributed by atoms with E-state index in [1.807, 2.05) is 41.2 Å². The van der Waals surface area contributed by atoms with Crippen molar-refractivity contribution < 1.29 is 18.9 Å². The molecule has 0 bridgehead atoms. The quantitative estimate of drug-likeness (QED) is 0.644. The van der Waals surface area contributed by atoms with E-state index in [0.717, 1.165) is 11.1 Å². The highest BCUT2D eigenvalue weighted by Gasteiger charge is 2.13. The van der Waals surface area contributed by atoms with Crippen molar-refractivity contribution in [2.75, 3.05) is 6.16 Å². The Kier molecular flexibility index (Phi) is 4.43. The molecular weight excluding hydrogens is 263 g/mol. The Morgan fingerprint density at radius 2 is 1.63 bits per heavy atom. The molecule has 0 fully saturated rings. The first-order valence-corrected chi connectivity index (χ1v) is 7.78. The normalized spacial score (nSPS) is 11.5. The summed E-state index contributed by atoms with van der Waals surface area (Å²) in [5, 5.41) is 0. The maximum absolute atomic E-state index is 10.7. The van der Waals surface area contributed by atoms with Crippen molar-refractivity contribution in [1.29, 1.82) is 0 Å². The summed E-state index contributed by atoms with van der Waals surface area (Å²) < 4.78 is 12.7. The first-order valence-electron chi connectivity index (χ1n) is 5.99. The van der Waals surface area contributed by atoms with Crippen molar-refractivity contribution >= 4 is 7.60 Å². The van der Waals surface area contributed by atoms with Crippen molar-refractivity contribution in [3.05, 3.63) is 49.1 Å². The van der Waals surface area contributed by atoms with Crippen LogP contribution in [0, 0.1) is 0 Å². The molecule has 0 aliphatic heterocycles. The Morgan fingerprint density at radius 1 is 1.05 bits per heavy atom. The molecule has 2 heterocycles. The van der Waals surface area contributed by atoms with Gasteiger partial charge in [0.2, 0.25) is 0 Å². The Labute approximate surface area is 111 Å². The van der Waals surface area contributed by atoms with E-state index in [-0.39, 0.29) is 6.16 Å². The van der Waals surface area contributed by atoms with E-state index in [1.54, 1.807) is 12.4 Å². The summed E-state index contributed by atoms with van der Waals surface area (Å²) in [4.78, 5) is 21.5. The second kappa shape index (κ2) is 6.06. The van der Waals surface area contributed by atoms with Crippen molar-refractivity contribution in [1.82, 2.24) is 4.98 Å². The number of pyridine rings is 2. The molecule has 0 aromatic carbocycles. The van der Waals surface area contributed by atoms with Crippen LogP contribution in [0.1, 0.15) is 6.42 Å². The lowest BCUT2D eigenvalue weighted by Crippen LogP contribution is -2.32. The molecule has 2 aromatic heterocycles. The Balaban J connectivity index is 1.97. The van der Waals surface area contributed by atoms with Gasteiger partial charge in [0.25, 0.3) is 0 Å². The summed E-state index contributed by atoms with van der Waals surface area (Å²) >= 11 is 0. The molecule has 0 unspecified atom stereocenters. The van der Waals surface area contributed by atoms with E-state index in [9.17, 15) is 4.57 Å². The molecule has 2 aromatic rings. The van der Waals surface area contributed by atoms with E-state index in [4.69, 9.17) is 9.79 Å². The van der Waals surface area contributed by atoms with Crippen molar-refractivity contribution in [3.8, 4) is 11.1 Å². The molecule has 0 amide bonds. The zero-order valence-corrected chi connectivity index (χ0v) is 11.3. The van der Waals surface area contributed by atoms with Crippen LogP contribution >= 0.6 is 7.60 Å². The minimum atomic E-state index is -3.88. The molecule has 5 nitrogen and oxygen atoms in total. The highest BCUT2D eigenvalue weighted by Crippen LogP contribution is 2.34. The molecule has 6 heteroatoms. The maximum atomic E-state index is 10.7. The summed E-state index contributed by atoms with van der Waals surface area (Å²) in [6.45, 7) is 0.599. The smallest absolute Gasteiger partial charge is 0.324 e. The van der Waals surface area contributed by atoms with E-state index >= 15 is 0 Å². The lowest BCUT2D eigenvalue weighted by molar-refractivity contribution is -0.696. The van der Waals surface area contributed by atoms with Crippen LogP contribution in [0.25, 0.3) is 11.1 Å². The van der Waals surface area contributed by atoms with Crippen molar-refractivity contribution in [2.24, 2.45) is 0 Å². The second-order valence-electron chi connectivity index (χ2n) is 4.30. The molecule has 0 aliphatic rings. The van der Waals surface area contributed by atoms with Gasteiger partial charge in [0.05, 0.1) is 6.16 Å². The molecule has 0 radical (unpaired) electrons. The number of hydrogen-bond acceptors (Lipinski definition) is 2. The standard InChI is InChI=1S/C13H15N2O3P/c16-19(17,18)11-1-8-15-9-4-13(5-10-15)12-2-6-14-7-3-12/h2-7,9-10H,1,8,11H2,(H-,16,17,18)/p+1. The van der Waals surface area contributed by atoms with Crippen LogP contribution in [0.3, 0.4) is 0 Å². The van der Waals surface area contributed by atoms with Crippen LogP contribution in [0.2, 0.25) is 0 Å². The molecule has 19 heavy (non-hydrogen) atoms. The third kappa shape index (κ3) is 4.56. The van der Waals surface area contributed by atoms with Crippen LogP contribution in [-0.2, 0) is 11.1 Å². The van der Waals surface area contributed by atoms with Gasteiger partial charge in [0.1, 0.15) is 6.54 Å². The largest absolute Gasteiger partial charge is 0.325 e. The lowest BCUT2D eigenvalue weighted by Gasteiger charge is -2.02. The predicted octanol–water partition coefficient (Wildman–Crippen LogP) is 1.60. The van der Waals surface area contributed by atoms with Gasteiger partial charge < -0.3 is 9.79 Å². The summed E-state index contributed by atoms with van der Waals surface area (Å²) in [6.07, 6.45) is 7.70. The van der Waals surface area contributed by atoms with Gasteiger partial charge in [-0.05, 0) is 23.3 Å². The predicted molar refractivity (Wildman–Crippen MR) is 71.4 cm³/mol. The highest BCUT2D eigenvalue weighted by atomic mass is 31.2. The first-order chi connectivity index (χ1) is 9.04. The number of nitrogens with zero attached hydrogens (tertiary/aromatic N) is 2. The molecule has 2 N–H and O–H groups in total. The van der Waals surface area contributed by atoms with E-state index < -0.39 is 7.60 Å². The second-order valence-corrected chi connectivity index (χ2v) is 6.08. The number of hydrogen-bond donors (Lipinski definition) is 2. The topological polar surface area (TPSA) is 74.3 Å². The van der Waals surface area contributed by atoms with Gasteiger partial charge in [-0.25, -0.2) is 4.57 Å². The van der Waals surface area contributed by atoms with Gasteiger partial charge in [-0.2, -0.15) is 0 Å². The molecule has 0 spiro atoms. The molecule has 0 aliphatic carbocycles. The molecule has 2 rings (SSSR count).